The highest BCUT2D eigenvalue weighted by Crippen LogP contribution is 2.25. The molecule has 20 heavy (non-hydrogen) atoms. The van der Waals surface area contributed by atoms with Crippen molar-refractivity contribution in [1.82, 2.24) is 9.88 Å². The lowest BCUT2D eigenvalue weighted by Gasteiger charge is -2.33. The lowest BCUT2D eigenvalue weighted by atomic mass is 9.96. The van der Waals surface area contributed by atoms with Gasteiger partial charge in [0.1, 0.15) is 0 Å². The molecule has 2 N–H and O–H groups in total. The number of anilines is 1. The highest BCUT2D eigenvalue weighted by atomic mass is 15.1. The Bertz CT molecular complexity index is 450. The Morgan fingerprint density at radius 3 is 2.60 bits per heavy atom. The van der Waals surface area contributed by atoms with E-state index in [0.717, 1.165) is 23.9 Å². The summed E-state index contributed by atoms with van der Waals surface area (Å²) in [6.45, 7) is 8.23. The Labute approximate surface area is 123 Å². The average Bonchev–Trinajstić information content (AvgIpc) is 2.40. The van der Waals surface area contributed by atoms with E-state index in [1.165, 1.54) is 37.2 Å². The van der Waals surface area contributed by atoms with Gasteiger partial charge in [0.05, 0.1) is 0 Å². The first-order valence-corrected chi connectivity index (χ1v) is 7.58. The minimum Gasteiger partial charge on any atom is -0.374 e. The number of aromatic nitrogens is 1. The maximum atomic E-state index is 5.92. The van der Waals surface area contributed by atoms with Crippen molar-refractivity contribution in [2.24, 2.45) is 11.7 Å². The topological polar surface area (TPSA) is 45.4 Å². The van der Waals surface area contributed by atoms with Crippen LogP contribution in [-0.4, -0.2) is 43.6 Å². The molecular weight excluding hydrogens is 248 g/mol. The van der Waals surface area contributed by atoms with Crippen LogP contribution in [0.25, 0.3) is 0 Å². The highest BCUT2D eigenvalue weighted by Gasteiger charge is 2.20. The van der Waals surface area contributed by atoms with Gasteiger partial charge in [-0.05, 0) is 58.8 Å². The van der Waals surface area contributed by atoms with Gasteiger partial charge in [-0.15, -0.1) is 0 Å². The third-order valence-corrected chi connectivity index (χ3v) is 4.42. The van der Waals surface area contributed by atoms with E-state index >= 15 is 0 Å². The summed E-state index contributed by atoms with van der Waals surface area (Å²) in [4.78, 5) is 9.32. The van der Waals surface area contributed by atoms with E-state index in [2.05, 4.69) is 48.8 Å². The first-order valence-electron chi connectivity index (χ1n) is 7.58. The van der Waals surface area contributed by atoms with Gasteiger partial charge in [-0.25, -0.2) is 0 Å². The molecule has 1 aromatic heterocycles. The van der Waals surface area contributed by atoms with Crippen LogP contribution in [0.15, 0.2) is 6.07 Å². The van der Waals surface area contributed by atoms with Gasteiger partial charge in [0.25, 0.3) is 0 Å². The molecule has 0 spiro atoms. The van der Waals surface area contributed by atoms with Crippen LogP contribution in [0, 0.1) is 19.8 Å². The van der Waals surface area contributed by atoms with Gasteiger partial charge in [0, 0.05) is 42.8 Å². The number of rotatable bonds is 4. The van der Waals surface area contributed by atoms with Crippen molar-refractivity contribution in [3.8, 4) is 0 Å². The van der Waals surface area contributed by atoms with Crippen LogP contribution in [0.1, 0.15) is 29.8 Å². The number of piperidine rings is 1. The smallest absolute Gasteiger partial charge is 0.0445 e. The maximum absolute atomic E-state index is 5.92. The van der Waals surface area contributed by atoms with Gasteiger partial charge in [-0.1, -0.05) is 0 Å². The predicted octanol–water partition coefficient (Wildman–Crippen LogP) is 1.94. The second kappa shape index (κ2) is 6.55. The van der Waals surface area contributed by atoms with E-state index in [1.54, 1.807) is 0 Å². The van der Waals surface area contributed by atoms with Crippen LogP contribution in [0.3, 0.4) is 0 Å². The fraction of sp³-hybridized carbons (Fsp3) is 0.688. The van der Waals surface area contributed by atoms with Crippen molar-refractivity contribution in [1.29, 1.82) is 0 Å². The summed E-state index contributed by atoms with van der Waals surface area (Å²) in [7, 11) is 4.40. The summed E-state index contributed by atoms with van der Waals surface area (Å²) < 4.78 is 0. The summed E-state index contributed by atoms with van der Waals surface area (Å²) in [5.41, 5.74) is 10.5. The van der Waals surface area contributed by atoms with E-state index in [4.69, 9.17) is 5.73 Å². The molecule has 1 aromatic rings. The van der Waals surface area contributed by atoms with Crippen LogP contribution in [0.2, 0.25) is 0 Å². The van der Waals surface area contributed by atoms with Crippen molar-refractivity contribution in [2.75, 3.05) is 38.6 Å². The van der Waals surface area contributed by atoms with Crippen LogP contribution >= 0.6 is 0 Å². The molecule has 0 atom stereocenters. The number of nitrogens with zero attached hydrogens (tertiary/aromatic N) is 3. The Kier molecular flexibility index (Phi) is 5.00. The fourth-order valence-corrected chi connectivity index (χ4v) is 3.16. The van der Waals surface area contributed by atoms with Crippen molar-refractivity contribution >= 4 is 5.69 Å². The zero-order valence-electron chi connectivity index (χ0n) is 13.3. The summed E-state index contributed by atoms with van der Waals surface area (Å²) in [6, 6.07) is 2.17. The molecule has 0 unspecified atom stereocenters. The molecule has 0 aliphatic carbocycles. The lowest BCUT2D eigenvalue weighted by molar-refractivity contribution is 0.222. The van der Waals surface area contributed by atoms with Gasteiger partial charge in [0.2, 0.25) is 0 Å². The quantitative estimate of drug-likeness (QED) is 0.913. The second-order valence-electron chi connectivity index (χ2n) is 6.18. The molecule has 4 heteroatoms. The molecule has 1 aliphatic heterocycles. The molecule has 1 fully saturated rings. The van der Waals surface area contributed by atoms with E-state index in [1.807, 2.05) is 0 Å². The zero-order chi connectivity index (χ0) is 14.7. The molecule has 0 saturated carbocycles. The Morgan fingerprint density at radius 1 is 1.35 bits per heavy atom. The third-order valence-electron chi connectivity index (χ3n) is 4.42. The van der Waals surface area contributed by atoms with Gasteiger partial charge in [0.15, 0.2) is 0 Å². The zero-order valence-corrected chi connectivity index (χ0v) is 13.3. The summed E-state index contributed by atoms with van der Waals surface area (Å²) >= 11 is 0. The first kappa shape index (κ1) is 15.3. The molecule has 0 aromatic carbocycles. The van der Waals surface area contributed by atoms with Crippen molar-refractivity contribution < 1.29 is 0 Å². The average molecular weight is 276 g/mol. The Morgan fingerprint density at radius 2 is 2.00 bits per heavy atom. The number of aryl methyl sites for hydroxylation is 2. The van der Waals surface area contributed by atoms with Gasteiger partial charge in [-0.3, -0.25) is 4.98 Å². The van der Waals surface area contributed by atoms with E-state index < -0.39 is 0 Å². The fourth-order valence-electron chi connectivity index (χ4n) is 3.16. The van der Waals surface area contributed by atoms with E-state index in [9.17, 15) is 0 Å². The standard InChI is InChI=1S/C16H28N4/c1-12-9-16(15(10-17)13(2)18-12)20(4)11-14-5-7-19(3)8-6-14/h9,14H,5-8,10-11,17H2,1-4H3. The minimum atomic E-state index is 0.562. The molecule has 4 nitrogen and oxygen atoms in total. The van der Waals surface area contributed by atoms with E-state index in [0.29, 0.717) is 6.54 Å². The molecule has 0 radical (unpaired) electrons. The summed E-state index contributed by atoms with van der Waals surface area (Å²) in [6.07, 6.45) is 2.59. The van der Waals surface area contributed by atoms with Gasteiger partial charge < -0.3 is 15.5 Å². The Hall–Kier alpha value is -1.13. The number of hydrogen-bond donors (Lipinski definition) is 1. The lowest BCUT2D eigenvalue weighted by Crippen LogP contribution is -2.36. The van der Waals surface area contributed by atoms with Crippen LogP contribution in [0.4, 0.5) is 5.69 Å². The van der Waals surface area contributed by atoms with E-state index in [-0.39, 0.29) is 0 Å². The maximum Gasteiger partial charge on any atom is 0.0445 e. The molecule has 2 heterocycles. The molecule has 0 amide bonds. The van der Waals surface area contributed by atoms with Crippen molar-refractivity contribution in [2.45, 2.75) is 33.2 Å². The van der Waals surface area contributed by atoms with Crippen LogP contribution in [0.5, 0.6) is 0 Å². The monoisotopic (exact) mass is 276 g/mol. The number of likely N-dealkylation sites (tertiary alicyclic amines) is 1. The predicted molar refractivity (Wildman–Crippen MR) is 85.1 cm³/mol. The molecule has 0 bridgehead atoms. The number of hydrogen-bond acceptors (Lipinski definition) is 4. The van der Waals surface area contributed by atoms with Crippen LogP contribution in [-0.2, 0) is 6.54 Å². The summed E-state index contributed by atoms with van der Waals surface area (Å²) in [5, 5.41) is 0. The normalized spacial score (nSPS) is 17.4. The largest absolute Gasteiger partial charge is 0.374 e. The highest BCUT2D eigenvalue weighted by molar-refractivity contribution is 5.55. The van der Waals surface area contributed by atoms with Gasteiger partial charge >= 0.3 is 0 Å². The Balaban J connectivity index is 2.10. The number of pyridine rings is 1. The van der Waals surface area contributed by atoms with Crippen molar-refractivity contribution in [3.63, 3.8) is 0 Å². The van der Waals surface area contributed by atoms with Crippen molar-refractivity contribution in [3.05, 3.63) is 23.0 Å². The molecular formula is C16H28N4. The molecule has 2 rings (SSSR count). The molecule has 112 valence electrons. The third kappa shape index (κ3) is 3.49. The molecule has 1 saturated heterocycles. The summed E-state index contributed by atoms with van der Waals surface area (Å²) in [5.74, 6) is 0.788. The minimum absolute atomic E-state index is 0.562. The SMILES string of the molecule is Cc1cc(N(C)CC2CCN(C)CC2)c(CN)c(C)n1. The van der Waals surface area contributed by atoms with Gasteiger partial charge in [-0.2, -0.15) is 0 Å². The molecule has 1 aliphatic rings. The second-order valence-corrected chi connectivity index (χ2v) is 6.18. The van der Waals surface area contributed by atoms with Crippen LogP contribution < -0.4 is 10.6 Å². The number of nitrogens with two attached hydrogens (primary N) is 1. The first-order chi connectivity index (χ1) is 9.51.